The Hall–Kier alpha value is -1.88. The average Bonchev–Trinajstić information content (AvgIpc) is 3.06. The molecule has 1 aromatic carbocycles. The van der Waals surface area contributed by atoms with Gasteiger partial charge >= 0.3 is 0 Å². The van der Waals surface area contributed by atoms with Gasteiger partial charge < -0.3 is 10.2 Å². The summed E-state index contributed by atoms with van der Waals surface area (Å²) in [5.74, 6) is 0.933. The fourth-order valence-electron chi connectivity index (χ4n) is 2.77. The Balaban J connectivity index is 1.43. The number of H-pyrrole nitrogens is 1. The van der Waals surface area contributed by atoms with Crippen LogP contribution in [0.1, 0.15) is 30.7 Å². The van der Waals surface area contributed by atoms with Gasteiger partial charge in [0.2, 0.25) is 0 Å². The van der Waals surface area contributed by atoms with E-state index in [-0.39, 0.29) is 0 Å². The first-order valence-electron chi connectivity index (χ1n) is 7.81. The normalized spacial score (nSPS) is 15.3. The summed E-state index contributed by atoms with van der Waals surface area (Å²) in [5.41, 5.74) is 2.69. The van der Waals surface area contributed by atoms with E-state index in [1.54, 1.807) is 6.33 Å². The minimum absolute atomic E-state index is 0.881. The van der Waals surface area contributed by atoms with Crippen LogP contribution in [-0.4, -0.2) is 34.8 Å². The maximum atomic E-state index is 4.11. The van der Waals surface area contributed by atoms with Gasteiger partial charge in [-0.1, -0.05) is 12.1 Å². The second-order valence-electron chi connectivity index (χ2n) is 5.57. The van der Waals surface area contributed by atoms with Crippen molar-refractivity contribution < 1.29 is 0 Å². The molecule has 1 aliphatic rings. The van der Waals surface area contributed by atoms with Crippen molar-refractivity contribution in [2.24, 2.45) is 0 Å². The monoisotopic (exact) mass is 285 g/mol. The SMILES string of the molecule is c1n[nH]c(CCNCc2ccc(N3CCCCC3)cc2)n1. The summed E-state index contributed by atoms with van der Waals surface area (Å²) in [7, 11) is 0. The Morgan fingerprint density at radius 2 is 1.90 bits per heavy atom. The minimum atomic E-state index is 0.881. The van der Waals surface area contributed by atoms with Gasteiger partial charge in [-0.3, -0.25) is 5.10 Å². The first-order valence-corrected chi connectivity index (χ1v) is 7.81. The number of aromatic amines is 1. The van der Waals surface area contributed by atoms with Gasteiger partial charge in [0.1, 0.15) is 12.2 Å². The van der Waals surface area contributed by atoms with Crippen LogP contribution in [0.3, 0.4) is 0 Å². The summed E-state index contributed by atoms with van der Waals surface area (Å²) >= 11 is 0. The van der Waals surface area contributed by atoms with Crippen LogP contribution in [-0.2, 0) is 13.0 Å². The van der Waals surface area contributed by atoms with Crippen molar-refractivity contribution in [3.8, 4) is 0 Å². The van der Waals surface area contributed by atoms with Gasteiger partial charge in [0.05, 0.1) is 0 Å². The van der Waals surface area contributed by atoms with Crippen LogP contribution in [0.15, 0.2) is 30.6 Å². The molecule has 0 atom stereocenters. The molecule has 0 unspecified atom stereocenters. The van der Waals surface area contributed by atoms with Gasteiger partial charge in [0.25, 0.3) is 0 Å². The second-order valence-corrected chi connectivity index (χ2v) is 5.57. The lowest BCUT2D eigenvalue weighted by Gasteiger charge is -2.28. The van der Waals surface area contributed by atoms with Gasteiger partial charge in [0, 0.05) is 38.3 Å². The smallest absolute Gasteiger partial charge is 0.137 e. The number of hydrogen-bond donors (Lipinski definition) is 2. The first kappa shape index (κ1) is 14.1. The molecule has 112 valence electrons. The van der Waals surface area contributed by atoms with Crippen molar-refractivity contribution in [3.63, 3.8) is 0 Å². The lowest BCUT2D eigenvalue weighted by molar-refractivity contribution is 0.578. The predicted octanol–water partition coefficient (Wildman–Crippen LogP) is 2.13. The van der Waals surface area contributed by atoms with Gasteiger partial charge in [-0.2, -0.15) is 5.10 Å². The third kappa shape index (κ3) is 4.04. The lowest BCUT2D eigenvalue weighted by Crippen LogP contribution is -2.29. The summed E-state index contributed by atoms with van der Waals surface area (Å²) in [6.45, 7) is 4.21. The zero-order valence-electron chi connectivity index (χ0n) is 12.4. The molecule has 5 heteroatoms. The van der Waals surface area contributed by atoms with E-state index in [9.17, 15) is 0 Å². The number of hydrogen-bond acceptors (Lipinski definition) is 4. The second kappa shape index (κ2) is 7.22. The van der Waals surface area contributed by atoms with E-state index in [4.69, 9.17) is 0 Å². The molecule has 0 aliphatic carbocycles. The fraction of sp³-hybridized carbons (Fsp3) is 0.500. The molecule has 21 heavy (non-hydrogen) atoms. The number of nitrogens with one attached hydrogen (secondary N) is 2. The minimum Gasteiger partial charge on any atom is -0.372 e. The summed E-state index contributed by atoms with van der Waals surface area (Å²) < 4.78 is 0. The van der Waals surface area contributed by atoms with Crippen LogP contribution in [0, 0.1) is 0 Å². The van der Waals surface area contributed by atoms with Crippen LogP contribution in [0.4, 0.5) is 5.69 Å². The topological polar surface area (TPSA) is 56.8 Å². The largest absolute Gasteiger partial charge is 0.372 e. The Morgan fingerprint density at radius 3 is 2.62 bits per heavy atom. The van der Waals surface area contributed by atoms with Crippen LogP contribution in [0.5, 0.6) is 0 Å². The highest BCUT2D eigenvalue weighted by atomic mass is 15.2. The Bertz CT molecular complexity index is 514. The van der Waals surface area contributed by atoms with Crippen molar-refractivity contribution >= 4 is 5.69 Å². The molecule has 3 rings (SSSR count). The van der Waals surface area contributed by atoms with Crippen molar-refractivity contribution in [1.29, 1.82) is 0 Å². The number of rotatable bonds is 6. The number of anilines is 1. The van der Waals surface area contributed by atoms with Crippen LogP contribution >= 0.6 is 0 Å². The van der Waals surface area contributed by atoms with Gasteiger partial charge in [-0.25, -0.2) is 4.98 Å². The highest BCUT2D eigenvalue weighted by Crippen LogP contribution is 2.20. The summed E-state index contributed by atoms with van der Waals surface area (Å²) in [6, 6.07) is 8.95. The molecule has 0 bridgehead atoms. The molecule has 0 amide bonds. The molecule has 1 saturated heterocycles. The molecule has 0 saturated carbocycles. The summed E-state index contributed by atoms with van der Waals surface area (Å²) in [6.07, 6.45) is 6.46. The van der Waals surface area contributed by atoms with Crippen LogP contribution in [0.25, 0.3) is 0 Å². The van der Waals surface area contributed by atoms with Crippen LogP contribution in [0.2, 0.25) is 0 Å². The lowest BCUT2D eigenvalue weighted by atomic mass is 10.1. The van der Waals surface area contributed by atoms with E-state index in [1.165, 1.54) is 43.6 Å². The summed E-state index contributed by atoms with van der Waals surface area (Å²) in [5, 5.41) is 10.2. The van der Waals surface area contributed by atoms with Gasteiger partial charge in [-0.15, -0.1) is 0 Å². The molecule has 1 fully saturated rings. The molecule has 5 nitrogen and oxygen atoms in total. The van der Waals surface area contributed by atoms with Gasteiger partial charge in [0.15, 0.2) is 0 Å². The highest BCUT2D eigenvalue weighted by Gasteiger charge is 2.10. The molecule has 2 N–H and O–H groups in total. The Kier molecular flexibility index (Phi) is 4.84. The molecular formula is C16H23N5. The zero-order valence-corrected chi connectivity index (χ0v) is 12.4. The van der Waals surface area contributed by atoms with Crippen molar-refractivity contribution in [1.82, 2.24) is 20.5 Å². The Morgan fingerprint density at radius 1 is 1.10 bits per heavy atom. The third-order valence-corrected chi connectivity index (χ3v) is 3.99. The van der Waals surface area contributed by atoms with E-state index < -0.39 is 0 Å². The fourth-order valence-corrected chi connectivity index (χ4v) is 2.77. The third-order valence-electron chi connectivity index (χ3n) is 3.99. The maximum absolute atomic E-state index is 4.11. The molecule has 1 aliphatic heterocycles. The molecular weight excluding hydrogens is 262 g/mol. The van der Waals surface area contributed by atoms with E-state index in [2.05, 4.69) is 49.7 Å². The van der Waals surface area contributed by atoms with Crippen molar-refractivity contribution in [3.05, 3.63) is 42.0 Å². The van der Waals surface area contributed by atoms with Crippen molar-refractivity contribution in [2.75, 3.05) is 24.5 Å². The predicted molar refractivity (Wildman–Crippen MR) is 84.3 cm³/mol. The molecule has 2 aromatic rings. The van der Waals surface area contributed by atoms with E-state index in [1.807, 2.05) is 0 Å². The summed E-state index contributed by atoms with van der Waals surface area (Å²) in [4.78, 5) is 6.60. The van der Waals surface area contributed by atoms with E-state index in [0.29, 0.717) is 0 Å². The average molecular weight is 285 g/mol. The highest BCUT2D eigenvalue weighted by molar-refractivity contribution is 5.47. The van der Waals surface area contributed by atoms with Gasteiger partial charge in [-0.05, 0) is 37.0 Å². The molecule has 1 aromatic heterocycles. The molecule has 0 radical (unpaired) electrons. The van der Waals surface area contributed by atoms with Crippen molar-refractivity contribution in [2.45, 2.75) is 32.2 Å². The number of aromatic nitrogens is 3. The Labute approximate surface area is 125 Å². The van der Waals surface area contributed by atoms with E-state index in [0.717, 1.165) is 25.3 Å². The molecule has 0 spiro atoms. The van der Waals surface area contributed by atoms with Crippen LogP contribution < -0.4 is 10.2 Å². The standard InChI is InChI=1S/C16H23N5/c1-2-10-21(11-3-1)15-6-4-14(5-7-15)12-17-9-8-16-18-13-19-20-16/h4-7,13,17H,1-3,8-12H2,(H,18,19,20). The number of piperidine rings is 1. The quantitative estimate of drug-likeness (QED) is 0.798. The molecule has 2 heterocycles. The van der Waals surface area contributed by atoms with E-state index >= 15 is 0 Å². The number of benzene rings is 1. The maximum Gasteiger partial charge on any atom is 0.137 e. The zero-order chi connectivity index (χ0) is 14.3. The number of nitrogens with zero attached hydrogens (tertiary/aromatic N) is 3. The first-order chi connectivity index (χ1) is 10.4.